The molecular formula is C9H15Cl2NO. The third kappa shape index (κ3) is 3.86. The van der Waals surface area contributed by atoms with Crippen LogP contribution in [0.4, 0.5) is 0 Å². The normalized spacial score (nSPS) is 29.6. The Balaban J connectivity index is 2.17. The van der Waals surface area contributed by atoms with Crippen LogP contribution in [-0.2, 0) is 4.74 Å². The van der Waals surface area contributed by atoms with Gasteiger partial charge in [-0.05, 0) is 19.3 Å². The molecule has 1 N–H and O–H groups in total. The number of halogens is 2. The second-order valence-electron chi connectivity index (χ2n) is 3.30. The summed E-state index contributed by atoms with van der Waals surface area (Å²) in [6, 6.07) is 0.523. The van der Waals surface area contributed by atoms with E-state index in [1.54, 1.807) is 7.11 Å². The molecule has 0 spiro atoms. The van der Waals surface area contributed by atoms with Gasteiger partial charge in [0.15, 0.2) is 0 Å². The number of hydrogen-bond acceptors (Lipinski definition) is 2. The van der Waals surface area contributed by atoms with Crippen LogP contribution in [0.15, 0.2) is 10.6 Å². The average Bonchev–Trinajstić information content (AvgIpc) is 2.61. The molecule has 0 aromatic carbocycles. The van der Waals surface area contributed by atoms with E-state index >= 15 is 0 Å². The third-order valence-corrected chi connectivity index (χ3v) is 3.01. The predicted molar refractivity (Wildman–Crippen MR) is 56.2 cm³/mol. The van der Waals surface area contributed by atoms with Crippen LogP contribution >= 0.6 is 23.2 Å². The Kier molecular flexibility index (Phi) is 5.10. The van der Waals surface area contributed by atoms with Crippen molar-refractivity contribution in [1.29, 1.82) is 0 Å². The lowest BCUT2D eigenvalue weighted by atomic mass is 10.2. The van der Waals surface area contributed by atoms with Gasteiger partial charge in [0.1, 0.15) is 0 Å². The lowest BCUT2D eigenvalue weighted by Crippen LogP contribution is -2.28. The predicted octanol–water partition coefficient (Wildman–Crippen LogP) is 2.46. The second-order valence-corrected chi connectivity index (χ2v) is 4.01. The van der Waals surface area contributed by atoms with Crippen molar-refractivity contribution in [3.8, 4) is 0 Å². The number of nitrogens with one attached hydrogen (secondary N) is 1. The Morgan fingerprint density at radius 1 is 1.62 bits per heavy atom. The van der Waals surface area contributed by atoms with Gasteiger partial charge in [0, 0.05) is 30.3 Å². The van der Waals surface area contributed by atoms with Gasteiger partial charge in [0.2, 0.25) is 0 Å². The zero-order valence-electron chi connectivity index (χ0n) is 7.72. The van der Waals surface area contributed by atoms with Crippen LogP contribution in [0.3, 0.4) is 0 Å². The van der Waals surface area contributed by atoms with E-state index in [0.717, 1.165) is 19.3 Å². The molecule has 1 aliphatic carbocycles. The molecule has 0 amide bonds. The molecule has 0 aromatic heterocycles. The molecule has 13 heavy (non-hydrogen) atoms. The van der Waals surface area contributed by atoms with Gasteiger partial charge in [-0.1, -0.05) is 23.2 Å². The molecule has 0 saturated heterocycles. The summed E-state index contributed by atoms with van der Waals surface area (Å²) in [5, 5.41) is 3.99. The quantitative estimate of drug-likeness (QED) is 0.791. The molecule has 0 bridgehead atoms. The number of rotatable bonds is 4. The summed E-state index contributed by atoms with van der Waals surface area (Å²) < 4.78 is 5.26. The molecule has 0 aliphatic heterocycles. The van der Waals surface area contributed by atoms with Gasteiger partial charge >= 0.3 is 0 Å². The molecule has 0 radical (unpaired) electrons. The van der Waals surface area contributed by atoms with Gasteiger partial charge in [0.05, 0.1) is 6.10 Å². The smallest absolute Gasteiger partial charge is 0.0586 e. The van der Waals surface area contributed by atoms with E-state index in [9.17, 15) is 0 Å². The topological polar surface area (TPSA) is 21.3 Å². The lowest BCUT2D eigenvalue weighted by Gasteiger charge is -2.11. The minimum atomic E-state index is 0.413. The van der Waals surface area contributed by atoms with Crippen molar-refractivity contribution in [3.05, 3.63) is 10.6 Å². The standard InChI is InChI=1S/C9H15Cl2NO/c1-13-9-3-2-8(4-9)12-6-7(11)5-10/h5,8-9,12H,2-4,6H2,1H3. The maximum Gasteiger partial charge on any atom is 0.0586 e. The first-order valence-corrected chi connectivity index (χ1v) is 5.28. The highest BCUT2D eigenvalue weighted by Crippen LogP contribution is 2.21. The van der Waals surface area contributed by atoms with E-state index in [1.807, 2.05) is 0 Å². The third-order valence-electron chi connectivity index (χ3n) is 2.40. The molecular weight excluding hydrogens is 209 g/mol. The van der Waals surface area contributed by atoms with Crippen molar-refractivity contribution in [3.63, 3.8) is 0 Å². The molecule has 1 rings (SSSR count). The zero-order chi connectivity index (χ0) is 9.68. The van der Waals surface area contributed by atoms with Crippen molar-refractivity contribution < 1.29 is 4.74 Å². The first kappa shape index (κ1) is 11.3. The van der Waals surface area contributed by atoms with Crippen LogP contribution < -0.4 is 5.32 Å². The first-order chi connectivity index (χ1) is 6.26. The molecule has 1 fully saturated rings. The fourth-order valence-corrected chi connectivity index (χ4v) is 1.77. The van der Waals surface area contributed by atoms with Gasteiger partial charge in [-0.15, -0.1) is 0 Å². The van der Waals surface area contributed by atoms with Crippen LogP contribution in [-0.4, -0.2) is 25.8 Å². The second kappa shape index (κ2) is 5.86. The summed E-state index contributed by atoms with van der Waals surface area (Å²) in [4.78, 5) is 0. The zero-order valence-corrected chi connectivity index (χ0v) is 9.24. The molecule has 1 aliphatic rings. The van der Waals surface area contributed by atoms with Crippen LogP contribution in [0, 0.1) is 0 Å². The monoisotopic (exact) mass is 223 g/mol. The van der Waals surface area contributed by atoms with Crippen molar-refractivity contribution in [1.82, 2.24) is 5.32 Å². The van der Waals surface area contributed by atoms with Crippen molar-refractivity contribution in [2.45, 2.75) is 31.4 Å². The molecule has 0 heterocycles. The molecule has 76 valence electrons. The Morgan fingerprint density at radius 2 is 2.38 bits per heavy atom. The molecule has 2 unspecified atom stereocenters. The molecule has 0 aromatic rings. The van der Waals surface area contributed by atoms with Crippen LogP contribution in [0.1, 0.15) is 19.3 Å². The number of ether oxygens (including phenoxy) is 1. The Labute approximate surface area is 89.2 Å². The van der Waals surface area contributed by atoms with Crippen molar-refractivity contribution >= 4 is 23.2 Å². The fraction of sp³-hybridized carbons (Fsp3) is 0.778. The maximum atomic E-state index is 5.75. The SMILES string of the molecule is COC1CCC(NCC(Cl)=CCl)C1. The lowest BCUT2D eigenvalue weighted by molar-refractivity contribution is 0.107. The minimum absolute atomic E-state index is 0.413. The van der Waals surface area contributed by atoms with Crippen LogP contribution in [0.5, 0.6) is 0 Å². The highest BCUT2D eigenvalue weighted by molar-refractivity contribution is 6.36. The van der Waals surface area contributed by atoms with E-state index in [2.05, 4.69) is 5.32 Å². The largest absolute Gasteiger partial charge is 0.381 e. The molecule has 2 nitrogen and oxygen atoms in total. The van der Waals surface area contributed by atoms with Crippen molar-refractivity contribution in [2.75, 3.05) is 13.7 Å². The van der Waals surface area contributed by atoms with E-state index in [4.69, 9.17) is 27.9 Å². The van der Waals surface area contributed by atoms with E-state index in [0.29, 0.717) is 23.7 Å². The Bertz CT molecular complexity index is 184. The maximum absolute atomic E-state index is 5.75. The highest BCUT2D eigenvalue weighted by atomic mass is 35.5. The Morgan fingerprint density at radius 3 is 2.92 bits per heavy atom. The Hall–Kier alpha value is 0.240. The van der Waals surface area contributed by atoms with Gasteiger partial charge in [0.25, 0.3) is 0 Å². The molecule has 4 heteroatoms. The van der Waals surface area contributed by atoms with E-state index in [1.165, 1.54) is 5.54 Å². The minimum Gasteiger partial charge on any atom is -0.381 e. The van der Waals surface area contributed by atoms with Gasteiger partial charge in [-0.3, -0.25) is 0 Å². The summed E-state index contributed by atoms with van der Waals surface area (Å²) in [5.41, 5.74) is 1.40. The van der Waals surface area contributed by atoms with Gasteiger partial charge in [-0.2, -0.15) is 0 Å². The summed E-state index contributed by atoms with van der Waals surface area (Å²) in [6.45, 7) is 0.659. The first-order valence-electron chi connectivity index (χ1n) is 4.47. The summed E-state index contributed by atoms with van der Waals surface area (Å²) in [5.74, 6) is 0. The van der Waals surface area contributed by atoms with Crippen LogP contribution in [0.2, 0.25) is 0 Å². The van der Waals surface area contributed by atoms with Gasteiger partial charge < -0.3 is 10.1 Å². The van der Waals surface area contributed by atoms with Crippen molar-refractivity contribution in [2.24, 2.45) is 0 Å². The average molecular weight is 224 g/mol. The molecule has 2 atom stereocenters. The highest BCUT2D eigenvalue weighted by Gasteiger charge is 2.23. The summed E-state index contributed by atoms with van der Waals surface area (Å²) >= 11 is 11.2. The van der Waals surface area contributed by atoms with Crippen LogP contribution in [0.25, 0.3) is 0 Å². The van der Waals surface area contributed by atoms with Gasteiger partial charge in [-0.25, -0.2) is 0 Å². The fourth-order valence-electron chi connectivity index (χ4n) is 1.62. The van der Waals surface area contributed by atoms with E-state index < -0.39 is 0 Å². The number of hydrogen-bond donors (Lipinski definition) is 1. The number of methoxy groups -OCH3 is 1. The summed E-state index contributed by atoms with van der Waals surface area (Å²) in [7, 11) is 1.76. The summed E-state index contributed by atoms with van der Waals surface area (Å²) in [6.07, 6.45) is 3.78. The van der Waals surface area contributed by atoms with E-state index in [-0.39, 0.29) is 0 Å². The molecule has 1 saturated carbocycles.